The number of nitrogens with zero attached hydrogens (tertiary/aromatic N) is 1. The number of sulfonamides is 1. The minimum absolute atomic E-state index is 0. The predicted molar refractivity (Wildman–Crippen MR) is 81.5 cm³/mol. The van der Waals surface area contributed by atoms with Crippen molar-refractivity contribution in [3.05, 3.63) is 23.2 Å². The van der Waals surface area contributed by atoms with E-state index < -0.39 is 10.0 Å². The Balaban J connectivity index is 0.00000200. The number of methoxy groups -OCH3 is 1. The van der Waals surface area contributed by atoms with Crippen LogP contribution in [0, 0.1) is 0 Å². The summed E-state index contributed by atoms with van der Waals surface area (Å²) < 4.78 is 31.6. The molecular weight excluding hydrogens is 323 g/mol. The molecule has 0 aromatic heterocycles. The maximum Gasteiger partial charge on any atom is 0.243 e. The van der Waals surface area contributed by atoms with E-state index in [-0.39, 0.29) is 23.3 Å². The Bertz CT molecular complexity index is 566. The van der Waals surface area contributed by atoms with Crippen LogP contribution in [-0.4, -0.2) is 45.5 Å². The van der Waals surface area contributed by atoms with Crippen molar-refractivity contribution in [2.24, 2.45) is 0 Å². The molecule has 0 spiro atoms. The van der Waals surface area contributed by atoms with E-state index in [9.17, 15) is 8.42 Å². The van der Waals surface area contributed by atoms with Gasteiger partial charge in [-0.15, -0.1) is 12.4 Å². The summed E-state index contributed by atoms with van der Waals surface area (Å²) in [5.74, 6) is 0.467. The van der Waals surface area contributed by atoms with Crippen LogP contribution in [0.25, 0.3) is 0 Å². The third kappa shape index (κ3) is 3.38. The molecule has 1 aromatic rings. The van der Waals surface area contributed by atoms with Crippen LogP contribution in [0.15, 0.2) is 23.1 Å². The lowest BCUT2D eigenvalue weighted by molar-refractivity contribution is 0.284. The highest BCUT2D eigenvalue weighted by Crippen LogP contribution is 2.29. The van der Waals surface area contributed by atoms with Gasteiger partial charge in [0, 0.05) is 25.7 Å². The Morgan fingerprint density at radius 1 is 1.45 bits per heavy atom. The smallest absolute Gasteiger partial charge is 0.243 e. The van der Waals surface area contributed by atoms with E-state index in [0.29, 0.717) is 30.4 Å². The van der Waals surface area contributed by atoms with Crippen LogP contribution in [-0.2, 0) is 10.0 Å². The van der Waals surface area contributed by atoms with Crippen molar-refractivity contribution < 1.29 is 13.2 Å². The van der Waals surface area contributed by atoms with Gasteiger partial charge >= 0.3 is 0 Å². The average Bonchev–Trinajstić information content (AvgIpc) is 2.39. The van der Waals surface area contributed by atoms with Crippen LogP contribution in [0.5, 0.6) is 5.75 Å². The van der Waals surface area contributed by atoms with Gasteiger partial charge in [-0.1, -0.05) is 11.6 Å². The second kappa shape index (κ2) is 6.95. The standard InChI is InChI=1S/C12H17ClN2O3S.ClH/c1-9-8-14-5-6-15(9)19(16,17)10-3-4-12(18-2)11(13)7-10;/h3-4,7,9,14H,5-6,8H2,1-2H3;1H/t9-;/m1./s1. The molecule has 0 bridgehead atoms. The van der Waals surface area contributed by atoms with Crippen molar-refractivity contribution in [3.8, 4) is 5.75 Å². The number of rotatable bonds is 3. The molecule has 1 fully saturated rings. The maximum absolute atomic E-state index is 12.5. The van der Waals surface area contributed by atoms with Crippen molar-refractivity contribution in [2.75, 3.05) is 26.7 Å². The highest BCUT2D eigenvalue weighted by molar-refractivity contribution is 7.89. The fourth-order valence-electron chi connectivity index (χ4n) is 2.12. The van der Waals surface area contributed by atoms with E-state index in [4.69, 9.17) is 16.3 Å². The van der Waals surface area contributed by atoms with Gasteiger partial charge in [0.2, 0.25) is 10.0 Å². The van der Waals surface area contributed by atoms with Crippen LogP contribution in [0.4, 0.5) is 0 Å². The summed E-state index contributed by atoms with van der Waals surface area (Å²) in [7, 11) is -2.01. The summed E-state index contributed by atoms with van der Waals surface area (Å²) in [6.07, 6.45) is 0. The molecule has 0 amide bonds. The molecule has 1 aliphatic heterocycles. The number of piperazine rings is 1. The zero-order valence-electron chi connectivity index (χ0n) is 11.3. The number of halogens is 2. The molecule has 1 heterocycles. The summed E-state index contributed by atoms with van der Waals surface area (Å²) in [5, 5.41) is 3.46. The van der Waals surface area contributed by atoms with E-state index >= 15 is 0 Å². The molecule has 1 aliphatic rings. The molecule has 1 atom stereocenters. The largest absolute Gasteiger partial charge is 0.495 e. The summed E-state index contributed by atoms with van der Waals surface area (Å²) >= 11 is 5.99. The molecular formula is C12H18Cl2N2O3S. The molecule has 8 heteroatoms. The quantitative estimate of drug-likeness (QED) is 0.910. The van der Waals surface area contributed by atoms with Gasteiger partial charge in [0.25, 0.3) is 0 Å². The fourth-order valence-corrected chi connectivity index (χ4v) is 4.10. The minimum atomic E-state index is -3.51. The lowest BCUT2D eigenvalue weighted by Crippen LogP contribution is -2.52. The maximum atomic E-state index is 12.5. The number of benzene rings is 1. The van der Waals surface area contributed by atoms with Gasteiger partial charge in [0.05, 0.1) is 17.0 Å². The normalized spacial score (nSPS) is 20.2. The Kier molecular flexibility index (Phi) is 6.09. The molecule has 0 radical (unpaired) electrons. The second-order valence-electron chi connectivity index (χ2n) is 4.47. The molecule has 1 N–H and O–H groups in total. The molecule has 1 saturated heterocycles. The predicted octanol–water partition coefficient (Wildman–Crippen LogP) is 1.75. The number of hydrogen-bond donors (Lipinski definition) is 1. The second-order valence-corrected chi connectivity index (χ2v) is 6.76. The molecule has 0 unspecified atom stereocenters. The molecule has 1 aromatic carbocycles. The number of nitrogens with one attached hydrogen (secondary N) is 1. The summed E-state index contributed by atoms with van der Waals surface area (Å²) in [6.45, 7) is 3.67. The van der Waals surface area contributed by atoms with E-state index in [1.165, 1.54) is 23.5 Å². The zero-order valence-corrected chi connectivity index (χ0v) is 13.7. The van der Waals surface area contributed by atoms with Gasteiger partial charge in [0.1, 0.15) is 5.75 Å². The Hall–Kier alpha value is -0.530. The first-order valence-electron chi connectivity index (χ1n) is 6.03. The van der Waals surface area contributed by atoms with Crippen molar-refractivity contribution in [1.29, 1.82) is 0 Å². The third-order valence-corrected chi connectivity index (χ3v) is 5.48. The van der Waals surface area contributed by atoms with E-state index in [1.54, 1.807) is 6.07 Å². The average molecular weight is 341 g/mol. The van der Waals surface area contributed by atoms with Gasteiger partial charge in [0.15, 0.2) is 0 Å². The first-order valence-corrected chi connectivity index (χ1v) is 7.84. The molecule has 0 saturated carbocycles. The minimum Gasteiger partial charge on any atom is -0.495 e. The molecule has 114 valence electrons. The van der Waals surface area contributed by atoms with Crippen LogP contribution < -0.4 is 10.1 Å². The van der Waals surface area contributed by atoms with Crippen molar-refractivity contribution in [2.45, 2.75) is 17.9 Å². The van der Waals surface area contributed by atoms with Gasteiger partial charge in [-0.25, -0.2) is 8.42 Å². The van der Waals surface area contributed by atoms with Crippen molar-refractivity contribution >= 4 is 34.0 Å². The Morgan fingerprint density at radius 3 is 2.70 bits per heavy atom. The van der Waals surface area contributed by atoms with E-state index in [2.05, 4.69) is 5.32 Å². The number of hydrogen-bond acceptors (Lipinski definition) is 4. The van der Waals surface area contributed by atoms with E-state index in [1.807, 2.05) is 6.92 Å². The summed E-state index contributed by atoms with van der Waals surface area (Å²) in [4.78, 5) is 0.201. The zero-order chi connectivity index (χ0) is 14.0. The SMILES string of the molecule is COc1ccc(S(=O)(=O)N2CCNC[C@H]2C)cc1Cl.Cl. The molecule has 2 rings (SSSR count). The Labute approximate surface area is 130 Å². The fraction of sp³-hybridized carbons (Fsp3) is 0.500. The van der Waals surface area contributed by atoms with Gasteiger partial charge in [-0.3, -0.25) is 0 Å². The third-order valence-electron chi connectivity index (χ3n) is 3.17. The van der Waals surface area contributed by atoms with E-state index in [0.717, 1.165) is 0 Å². The number of ether oxygens (including phenoxy) is 1. The molecule has 0 aliphatic carbocycles. The van der Waals surface area contributed by atoms with Crippen molar-refractivity contribution in [3.63, 3.8) is 0 Å². The molecule has 5 nitrogen and oxygen atoms in total. The lowest BCUT2D eigenvalue weighted by Gasteiger charge is -2.32. The topological polar surface area (TPSA) is 58.6 Å². The highest BCUT2D eigenvalue weighted by Gasteiger charge is 2.31. The van der Waals surface area contributed by atoms with Crippen LogP contribution in [0.2, 0.25) is 5.02 Å². The summed E-state index contributed by atoms with van der Waals surface area (Å²) in [6, 6.07) is 4.46. The van der Waals surface area contributed by atoms with Gasteiger partial charge in [-0.2, -0.15) is 4.31 Å². The highest BCUT2D eigenvalue weighted by atomic mass is 35.5. The monoisotopic (exact) mass is 340 g/mol. The first-order chi connectivity index (χ1) is 8.96. The van der Waals surface area contributed by atoms with Crippen LogP contribution in [0.3, 0.4) is 0 Å². The first kappa shape index (κ1) is 17.5. The van der Waals surface area contributed by atoms with Crippen LogP contribution in [0.1, 0.15) is 6.92 Å². The lowest BCUT2D eigenvalue weighted by atomic mass is 10.3. The molecule has 20 heavy (non-hydrogen) atoms. The van der Waals surface area contributed by atoms with Gasteiger partial charge in [-0.05, 0) is 25.1 Å². The van der Waals surface area contributed by atoms with Crippen LogP contribution >= 0.6 is 24.0 Å². The van der Waals surface area contributed by atoms with Gasteiger partial charge < -0.3 is 10.1 Å². The summed E-state index contributed by atoms with van der Waals surface area (Å²) in [5.41, 5.74) is 0. The van der Waals surface area contributed by atoms with Crippen molar-refractivity contribution in [1.82, 2.24) is 9.62 Å². The Morgan fingerprint density at radius 2 is 2.15 bits per heavy atom.